The molecule has 3 heterocycles. The molecule has 4 heteroatoms. The van der Waals surface area contributed by atoms with Crippen molar-refractivity contribution < 1.29 is 0 Å². The molecule has 0 unspecified atom stereocenters. The summed E-state index contributed by atoms with van der Waals surface area (Å²) in [7, 11) is 0. The number of fused-ring (bicyclic) bond motifs is 6. The molecule has 44 heavy (non-hydrogen) atoms. The summed E-state index contributed by atoms with van der Waals surface area (Å²) in [5, 5.41) is 14.2. The minimum atomic E-state index is 0.818. The largest absolute Gasteiger partial charge is 0.309 e. The summed E-state index contributed by atoms with van der Waals surface area (Å²) in [6, 6.07) is 53.6. The van der Waals surface area contributed by atoms with E-state index in [1.165, 1.54) is 38.5 Å². The number of hydrogen-bond donors (Lipinski definition) is 0. The van der Waals surface area contributed by atoms with Gasteiger partial charge in [-0.25, -0.2) is 0 Å². The predicted octanol–water partition coefficient (Wildman–Crippen LogP) is 9.98. The zero-order valence-electron chi connectivity index (χ0n) is 23.8. The SMILES string of the molecule is c1ccc(-c2ccccc2-c2cn3c(-c4ccc(-n5c6ccccc6c6ccccc65)cc4)nnc3c3ccccc23)cc1. The van der Waals surface area contributed by atoms with Crippen LogP contribution in [0.1, 0.15) is 0 Å². The molecular formula is C40H26N4. The molecule has 0 radical (unpaired) electrons. The van der Waals surface area contributed by atoms with Crippen molar-refractivity contribution >= 4 is 38.2 Å². The van der Waals surface area contributed by atoms with E-state index in [0.717, 1.165) is 39.1 Å². The number of benzene rings is 6. The van der Waals surface area contributed by atoms with Crippen molar-refractivity contribution in [3.63, 3.8) is 0 Å². The van der Waals surface area contributed by atoms with Crippen molar-refractivity contribution in [2.24, 2.45) is 0 Å². The fraction of sp³-hybridized carbons (Fsp3) is 0. The van der Waals surface area contributed by atoms with E-state index >= 15 is 0 Å². The Labute approximate surface area is 254 Å². The Morgan fingerprint density at radius 1 is 0.386 bits per heavy atom. The van der Waals surface area contributed by atoms with Crippen LogP contribution in [-0.2, 0) is 0 Å². The first-order valence-electron chi connectivity index (χ1n) is 14.9. The van der Waals surface area contributed by atoms with E-state index in [4.69, 9.17) is 10.2 Å². The highest BCUT2D eigenvalue weighted by atomic mass is 15.2. The molecule has 0 amide bonds. The summed E-state index contributed by atoms with van der Waals surface area (Å²) in [5.41, 5.74) is 10.1. The molecule has 0 aliphatic carbocycles. The van der Waals surface area contributed by atoms with Gasteiger partial charge in [-0.2, -0.15) is 0 Å². The van der Waals surface area contributed by atoms with Crippen molar-refractivity contribution in [2.75, 3.05) is 0 Å². The number of para-hydroxylation sites is 2. The maximum atomic E-state index is 4.73. The number of rotatable bonds is 4. The molecule has 0 saturated carbocycles. The molecule has 6 aromatic carbocycles. The van der Waals surface area contributed by atoms with E-state index in [9.17, 15) is 0 Å². The first-order valence-corrected chi connectivity index (χ1v) is 14.9. The van der Waals surface area contributed by atoms with Gasteiger partial charge in [-0.15, -0.1) is 10.2 Å². The summed E-state index contributed by atoms with van der Waals surface area (Å²) in [4.78, 5) is 0. The average Bonchev–Trinajstić information content (AvgIpc) is 3.68. The quantitative estimate of drug-likeness (QED) is 0.214. The molecule has 0 saturated heterocycles. The van der Waals surface area contributed by atoms with Gasteiger partial charge >= 0.3 is 0 Å². The topological polar surface area (TPSA) is 35.1 Å². The molecule has 0 atom stereocenters. The Kier molecular flexibility index (Phi) is 5.47. The van der Waals surface area contributed by atoms with E-state index in [2.05, 4.69) is 167 Å². The standard InChI is InChI=1S/C40H26N4/c1-2-12-27(13-3-1)30-14-4-5-15-31(30)36-26-43-39(41-42-40(43)35-19-7-6-16-32(35)36)28-22-24-29(25-23-28)44-37-20-10-8-17-33(37)34-18-9-11-21-38(34)44/h1-26H. The van der Waals surface area contributed by atoms with Gasteiger partial charge in [0, 0.05) is 39.2 Å². The average molecular weight is 563 g/mol. The lowest BCUT2D eigenvalue weighted by Gasteiger charge is -2.14. The Bertz CT molecular complexity index is 2430. The van der Waals surface area contributed by atoms with Gasteiger partial charge in [-0.3, -0.25) is 4.40 Å². The van der Waals surface area contributed by atoms with Gasteiger partial charge in [0.05, 0.1) is 11.0 Å². The summed E-state index contributed by atoms with van der Waals surface area (Å²) in [6.45, 7) is 0. The van der Waals surface area contributed by atoms with Gasteiger partial charge in [0.15, 0.2) is 11.5 Å². The zero-order valence-corrected chi connectivity index (χ0v) is 23.8. The van der Waals surface area contributed by atoms with Gasteiger partial charge in [-0.1, -0.05) is 115 Å². The van der Waals surface area contributed by atoms with E-state index in [1.807, 2.05) is 0 Å². The molecule has 0 spiro atoms. The molecule has 4 nitrogen and oxygen atoms in total. The highest BCUT2D eigenvalue weighted by molar-refractivity contribution is 6.09. The second kappa shape index (κ2) is 9.79. The zero-order chi connectivity index (χ0) is 29.0. The third-order valence-electron chi connectivity index (χ3n) is 8.68. The van der Waals surface area contributed by atoms with Gasteiger partial charge in [-0.05, 0) is 58.5 Å². The molecular weight excluding hydrogens is 536 g/mol. The minimum absolute atomic E-state index is 0.818. The van der Waals surface area contributed by atoms with Gasteiger partial charge in [0.1, 0.15) is 0 Å². The van der Waals surface area contributed by atoms with Crippen molar-refractivity contribution in [1.29, 1.82) is 0 Å². The first kappa shape index (κ1) is 24.6. The van der Waals surface area contributed by atoms with Gasteiger partial charge in [0.2, 0.25) is 0 Å². The van der Waals surface area contributed by atoms with Gasteiger partial charge < -0.3 is 4.57 Å². The summed E-state index contributed by atoms with van der Waals surface area (Å²) >= 11 is 0. The van der Waals surface area contributed by atoms with Crippen LogP contribution < -0.4 is 0 Å². The molecule has 0 bridgehead atoms. The lowest BCUT2D eigenvalue weighted by atomic mass is 9.92. The number of aromatic nitrogens is 4. The van der Waals surface area contributed by atoms with Crippen LogP contribution >= 0.6 is 0 Å². The fourth-order valence-corrected chi connectivity index (χ4v) is 6.67. The lowest BCUT2D eigenvalue weighted by molar-refractivity contribution is 1.11. The maximum Gasteiger partial charge on any atom is 0.169 e. The lowest BCUT2D eigenvalue weighted by Crippen LogP contribution is -1.96. The fourth-order valence-electron chi connectivity index (χ4n) is 6.67. The Morgan fingerprint density at radius 2 is 0.955 bits per heavy atom. The maximum absolute atomic E-state index is 4.73. The number of hydrogen-bond acceptors (Lipinski definition) is 2. The normalized spacial score (nSPS) is 11.6. The van der Waals surface area contributed by atoms with Crippen LogP contribution in [0.25, 0.3) is 77.6 Å². The van der Waals surface area contributed by atoms with Crippen molar-refractivity contribution in [1.82, 2.24) is 19.2 Å². The van der Waals surface area contributed by atoms with Crippen molar-refractivity contribution in [3.8, 4) is 39.3 Å². The summed E-state index contributed by atoms with van der Waals surface area (Å²) < 4.78 is 4.48. The second-order valence-electron chi connectivity index (χ2n) is 11.1. The van der Waals surface area contributed by atoms with Crippen LogP contribution in [0.3, 0.4) is 0 Å². The van der Waals surface area contributed by atoms with E-state index < -0.39 is 0 Å². The van der Waals surface area contributed by atoms with E-state index in [-0.39, 0.29) is 0 Å². The van der Waals surface area contributed by atoms with Crippen LogP contribution in [0.15, 0.2) is 158 Å². The highest BCUT2D eigenvalue weighted by Crippen LogP contribution is 2.38. The van der Waals surface area contributed by atoms with E-state index in [0.29, 0.717) is 0 Å². The summed E-state index contributed by atoms with van der Waals surface area (Å²) in [5.74, 6) is 0.818. The molecule has 0 aliphatic heterocycles. The van der Waals surface area contributed by atoms with Crippen molar-refractivity contribution in [2.45, 2.75) is 0 Å². The molecule has 0 N–H and O–H groups in total. The van der Waals surface area contributed by atoms with Crippen LogP contribution in [0.4, 0.5) is 0 Å². The second-order valence-corrected chi connectivity index (χ2v) is 11.1. The van der Waals surface area contributed by atoms with E-state index in [1.54, 1.807) is 0 Å². The van der Waals surface area contributed by atoms with Crippen LogP contribution in [0, 0.1) is 0 Å². The Balaban J connectivity index is 1.23. The minimum Gasteiger partial charge on any atom is -0.309 e. The molecule has 206 valence electrons. The van der Waals surface area contributed by atoms with Gasteiger partial charge in [0.25, 0.3) is 0 Å². The third kappa shape index (κ3) is 3.71. The summed E-state index contributed by atoms with van der Waals surface area (Å²) in [6.07, 6.45) is 2.20. The van der Waals surface area contributed by atoms with Crippen molar-refractivity contribution in [3.05, 3.63) is 158 Å². The first-order chi connectivity index (χ1) is 21.8. The molecule has 9 aromatic rings. The smallest absolute Gasteiger partial charge is 0.169 e. The van der Waals surface area contributed by atoms with Crippen LogP contribution in [0.5, 0.6) is 0 Å². The Hall–Kier alpha value is -6.00. The predicted molar refractivity (Wildman–Crippen MR) is 181 cm³/mol. The molecule has 0 fully saturated rings. The monoisotopic (exact) mass is 562 g/mol. The number of nitrogens with zero attached hydrogens (tertiary/aromatic N) is 4. The van der Waals surface area contributed by atoms with Crippen LogP contribution in [-0.4, -0.2) is 19.2 Å². The molecule has 3 aromatic heterocycles. The third-order valence-corrected chi connectivity index (χ3v) is 8.68. The molecule has 9 rings (SSSR count). The molecule has 0 aliphatic rings. The Morgan fingerprint density at radius 3 is 1.66 bits per heavy atom. The van der Waals surface area contributed by atoms with Crippen LogP contribution in [0.2, 0.25) is 0 Å². The highest BCUT2D eigenvalue weighted by Gasteiger charge is 2.18. The number of pyridine rings is 1.